The highest BCUT2D eigenvalue weighted by Gasteiger charge is 2.05. The molecule has 0 saturated heterocycles. The summed E-state index contributed by atoms with van der Waals surface area (Å²) in [5.41, 5.74) is 0. The van der Waals surface area contributed by atoms with E-state index < -0.39 is 12.2 Å². The number of rotatable bonds is 6. The van der Waals surface area contributed by atoms with Crippen molar-refractivity contribution in [1.29, 1.82) is 0 Å². The van der Waals surface area contributed by atoms with E-state index >= 15 is 0 Å². The normalized spacial score (nSPS) is 16.4. The molecule has 2 atom stereocenters. The van der Waals surface area contributed by atoms with Gasteiger partial charge in [0, 0.05) is 11.5 Å². The predicted molar refractivity (Wildman–Crippen MR) is 43.5 cm³/mol. The molecule has 0 aromatic carbocycles. The zero-order valence-electron chi connectivity index (χ0n) is 6.18. The molecule has 4 nitrogen and oxygen atoms in total. The number of hydrogen-bond acceptors (Lipinski definition) is 5. The van der Waals surface area contributed by atoms with Crippen LogP contribution in [-0.2, 0) is 0 Å². The summed E-state index contributed by atoms with van der Waals surface area (Å²) in [4.78, 5) is 0. The third kappa shape index (κ3) is 6.58. The van der Waals surface area contributed by atoms with Gasteiger partial charge in [-0.1, -0.05) is 0 Å². The molecule has 0 fully saturated rings. The van der Waals surface area contributed by atoms with Gasteiger partial charge in [-0.25, -0.2) is 0 Å². The minimum absolute atomic E-state index is 0.262. The van der Waals surface area contributed by atoms with Crippen LogP contribution in [0.3, 0.4) is 0 Å². The maximum Gasteiger partial charge on any atom is 0.0861 e. The molecule has 4 N–H and O–H groups in total. The zero-order valence-corrected chi connectivity index (χ0v) is 7.00. The quantitative estimate of drug-likeness (QED) is 0.399. The van der Waals surface area contributed by atoms with Crippen molar-refractivity contribution >= 4 is 11.8 Å². The van der Waals surface area contributed by atoms with Crippen molar-refractivity contribution in [2.75, 3.05) is 24.7 Å². The van der Waals surface area contributed by atoms with E-state index in [1.165, 1.54) is 11.8 Å². The Bertz CT molecular complexity index is 80.7. The van der Waals surface area contributed by atoms with Gasteiger partial charge in [0.25, 0.3) is 0 Å². The van der Waals surface area contributed by atoms with E-state index in [1.54, 1.807) is 0 Å². The number of hydrogen-bond donors (Lipinski definition) is 4. The minimum atomic E-state index is -0.731. The highest BCUT2D eigenvalue weighted by atomic mass is 32.2. The van der Waals surface area contributed by atoms with Gasteiger partial charge in [0.2, 0.25) is 0 Å². The van der Waals surface area contributed by atoms with Gasteiger partial charge in [0.15, 0.2) is 0 Å². The second kappa shape index (κ2) is 6.87. The fourth-order valence-corrected chi connectivity index (χ4v) is 1.34. The Morgan fingerprint density at radius 3 is 1.55 bits per heavy atom. The van der Waals surface area contributed by atoms with Gasteiger partial charge in [-0.15, -0.1) is 0 Å². The molecule has 2 unspecified atom stereocenters. The van der Waals surface area contributed by atoms with Gasteiger partial charge in [0.05, 0.1) is 25.4 Å². The fraction of sp³-hybridized carbons (Fsp3) is 1.00. The molecule has 0 amide bonds. The van der Waals surface area contributed by atoms with Gasteiger partial charge in [-0.2, -0.15) is 11.8 Å². The van der Waals surface area contributed by atoms with Crippen molar-refractivity contribution in [3.63, 3.8) is 0 Å². The van der Waals surface area contributed by atoms with E-state index in [1.807, 2.05) is 0 Å². The summed E-state index contributed by atoms with van der Waals surface area (Å²) in [6.07, 6.45) is -1.46. The molecule has 0 heterocycles. The Hall–Kier alpha value is 0.190. The Balaban J connectivity index is 3.13. The molecule has 0 aliphatic carbocycles. The lowest BCUT2D eigenvalue weighted by Gasteiger charge is -2.08. The molecule has 0 aromatic heterocycles. The summed E-state index contributed by atoms with van der Waals surface area (Å²) >= 11 is 1.30. The first kappa shape index (κ1) is 11.2. The first-order valence-electron chi connectivity index (χ1n) is 3.36. The molecule has 0 aromatic rings. The van der Waals surface area contributed by atoms with Crippen LogP contribution in [0.2, 0.25) is 0 Å². The number of aliphatic hydroxyl groups is 4. The van der Waals surface area contributed by atoms with Crippen LogP contribution in [-0.4, -0.2) is 57.4 Å². The van der Waals surface area contributed by atoms with E-state index in [0.29, 0.717) is 11.5 Å². The summed E-state index contributed by atoms with van der Waals surface area (Å²) in [6, 6.07) is 0. The molecule has 0 bridgehead atoms. The lowest BCUT2D eigenvalue weighted by atomic mass is 10.4. The van der Waals surface area contributed by atoms with E-state index in [9.17, 15) is 0 Å². The van der Waals surface area contributed by atoms with Gasteiger partial charge in [-0.3, -0.25) is 0 Å². The standard InChI is InChI=1S/C6H14O4S/c7-1-5(9)3-11-4-6(10)2-8/h5-10H,1-4H2. The molecule has 0 spiro atoms. The monoisotopic (exact) mass is 182 g/mol. The summed E-state index contributed by atoms with van der Waals surface area (Å²) < 4.78 is 0. The second-order valence-corrected chi connectivity index (χ2v) is 3.29. The largest absolute Gasteiger partial charge is 0.394 e. The van der Waals surface area contributed by atoms with Crippen LogP contribution < -0.4 is 0 Å². The van der Waals surface area contributed by atoms with Crippen LogP contribution in [0.1, 0.15) is 0 Å². The predicted octanol–water partition coefficient (Wildman–Crippen LogP) is -1.57. The lowest BCUT2D eigenvalue weighted by molar-refractivity contribution is 0.109. The molecule has 0 aliphatic heterocycles. The number of aliphatic hydroxyl groups excluding tert-OH is 4. The van der Waals surface area contributed by atoms with Crippen LogP contribution >= 0.6 is 11.8 Å². The minimum Gasteiger partial charge on any atom is -0.394 e. The smallest absolute Gasteiger partial charge is 0.0861 e. The summed E-state index contributed by atoms with van der Waals surface area (Å²) in [6.45, 7) is -0.523. The molecule has 5 heteroatoms. The maximum atomic E-state index is 8.83. The number of thioether (sulfide) groups is 1. The first-order valence-corrected chi connectivity index (χ1v) is 4.51. The van der Waals surface area contributed by atoms with E-state index in [-0.39, 0.29) is 13.2 Å². The van der Waals surface area contributed by atoms with Gasteiger partial charge in [-0.05, 0) is 0 Å². The molecule has 68 valence electrons. The molecule has 0 radical (unpaired) electrons. The van der Waals surface area contributed by atoms with E-state index in [2.05, 4.69) is 0 Å². The van der Waals surface area contributed by atoms with Crippen molar-refractivity contribution in [3.05, 3.63) is 0 Å². The second-order valence-electron chi connectivity index (χ2n) is 2.21. The van der Waals surface area contributed by atoms with Crippen molar-refractivity contribution < 1.29 is 20.4 Å². The Morgan fingerprint density at radius 1 is 0.909 bits per heavy atom. The third-order valence-electron chi connectivity index (χ3n) is 1.04. The van der Waals surface area contributed by atoms with Gasteiger partial charge in [0.1, 0.15) is 0 Å². The molecule has 0 saturated carbocycles. The van der Waals surface area contributed by atoms with E-state index in [4.69, 9.17) is 20.4 Å². The zero-order chi connectivity index (χ0) is 8.69. The van der Waals surface area contributed by atoms with Crippen LogP contribution in [0.5, 0.6) is 0 Å². The average Bonchev–Trinajstić information content (AvgIpc) is 2.04. The summed E-state index contributed by atoms with van der Waals surface area (Å²) in [7, 11) is 0. The van der Waals surface area contributed by atoms with Crippen molar-refractivity contribution in [3.8, 4) is 0 Å². The Kier molecular flexibility index (Phi) is 6.99. The van der Waals surface area contributed by atoms with Crippen LogP contribution in [0.15, 0.2) is 0 Å². The van der Waals surface area contributed by atoms with Crippen LogP contribution in [0, 0.1) is 0 Å². The average molecular weight is 182 g/mol. The van der Waals surface area contributed by atoms with Gasteiger partial charge < -0.3 is 20.4 Å². The lowest BCUT2D eigenvalue weighted by Crippen LogP contribution is -2.19. The third-order valence-corrected chi connectivity index (χ3v) is 2.28. The topological polar surface area (TPSA) is 80.9 Å². The van der Waals surface area contributed by atoms with Crippen LogP contribution in [0.4, 0.5) is 0 Å². The Morgan fingerprint density at radius 2 is 1.27 bits per heavy atom. The molecule has 11 heavy (non-hydrogen) atoms. The molecule has 0 aliphatic rings. The maximum absolute atomic E-state index is 8.83. The van der Waals surface area contributed by atoms with Gasteiger partial charge >= 0.3 is 0 Å². The highest BCUT2D eigenvalue weighted by molar-refractivity contribution is 7.99. The highest BCUT2D eigenvalue weighted by Crippen LogP contribution is 2.04. The van der Waals surface area contributed by atoms with Crippen molar-refractivity contribution in [2.45, 2.75) is 12.2 Å². The SMILES string of the molecule is OCC(O)CSCC(O)CO. The summed E-state index contributed by atoms with van der Waals surface area (Å²) in [5.74, 6) is 0.765. The molecule has 0 rings (SSSR count). The van der Waals surface area contributed by atoms with Crippen molar-refractivity contribution in [1.82, 2.24) is 0 Å². The summed E-state index contributed by atoms with van der Waals surface area (Å²) in [5, 5.41) is 34.4. The van der Waals surface area contributed by atoms with Crippen LogP contribution in [0.25, 0.3) is 0 Å². The van der Waals surface area contributed by atoms with Crippen molar-refractivity contribution in [2.24, 2.45) is 0 Å². The molecular formula is C6H14O4S. The van der Waals surface area contributed by atoms with E-state index in [0.717, 1.165) is 0 Å². The fourth-order valence-electron chi connectivity index (χ4n) is 0.446. The Labute approximate surface area is 69.9 Å². The first-order chi connectivity index (χ1) is 5.20. The molecular weight excluding hydrogens is 168 g/mol.